The smallest absolute Gasteiger partial charge is 0.411 e. The Labute approximate surface area is 202 Å². The van der Waals surface area contributed by atoms with Gasteiger partial charge in [-0.1, -0.05) is 13.8 Å². The summed E-state index contributed by atoms with van der Waals surface area (Å²) in [6, 6.07) is 7.05. The van der Waals surface area contributed by atoms with Crippen LogP contribution in [0, 0.1) is 34.5 Å². The van der Waals surface area contributed by atoms with Crippen molar-refractivity contribution in [3.63, 3.8) is 0 Å². The first-order chi connectivity index (χ1) is 16.1. The van der Waals surface area contributed by atoms with E-state index in [1.165, 1.54) is 0 Å². The van der Waals surface area contributed by atoms with E-state index in [0.717, 1.165) is 51.4 Å². The van der Waals surface area contributed by atoms with Gasteiger partial charge in [0.15, 0.2) is 0 Å². The number of aliphatic carboxylic acids is 1. The molecular formula is C27H39N3O4. The molecule has 34 heavy (non-hydrogen) atoms. The molecule has 8 atom stereocenters. The zero-order valence-electron chi connectivity index (χ0n) is 20.4. The second kappa shape index (κ2) is 8.14. The number of anilines is 2. The van der Waals surface area contributed by atoms with Gasteiger partial charge in [0, 0.05) is 16.9 Å². The summed E-state index contributed by atoms with van der Waals surface area (Å²) in [6.07, 6.45) is 7.88. The van der Waals surface area contributed by atoms with Gasteiger partial charge < -0.3 is 21.3 Å². The maximum Gasteiger partial charge on any atom is 0.411 e. The van der Waals surface area contributed by atoms with Crippen molar-refractivity contribution in [1.29, 1.82) is 0 Å². The van der Waals surface area contributed by atoms with E-state index in [-0.39, 0.29) is 28.4 Å². The van der Waals surface area contributed by atoms with Gasteiger partial charge in [-0.25, -0.2) is 4.79 Å². The van der Waals surface area contributed by atoms with Crippen molar-refractivity contribution in [2.24, 2.45) is 40.2 Å². The van der Waals surface area contributed by atoms with Gasteiger partial charge in [0.05, 0.1) is 5.92 Å². The summed E-state index contributed by atoms with van der Waals surface area (Å²) in [7, 11) is 0. The Balaban J connectivity index is 1.26. The molecule has 4 fully saturated rings. The summed E-state index contributed by atoms with van der Waals surface area (Å²) in [5.74, 6) is 0.391. The van der Waals surface area contributed by atoms with E-state index in [9.17, 15) is 14.7 Å². The van der Waals surface area contributed by atoms with Gasteiger partial charge in [-0.3, -0.25) is 10.1 Å². The van der Waals surface area contributed by atoms with Gasteiger partial charge in [-0.15, -0.1) is 0 Å². The number of nitrogens with two attached hydrogens (primary N) is 2. The van der Waals surface area contributed by atoms with Crippen LogP contribution in [0.1, 0.15) is 71.6 Å². The first kappa shape index (κ1) is 23.5. The highest BCUT2D eigenvalue weighted by Crippen LogP contribution is 2.68. The topological polar surface area (TPSA) is 128 Å². The average Bonchev–Trinajstić information content (AvgIpc) is 3.07. The van der Waals surface area contributed by atoms with Crippen LogP contribution in [0.25, 0.3) is 0 Å². The molecule has 4 aliphatic rings. The molecule has 0 saturated heterocycles. The first-order valence-corrected chi connectivity index (χ1v) is 12.9. The predicted octanol–water partition coefficient (Wildman–Crippen LogP) is 5.01. The number of fused-ring (bicyclic) bond motifs is 5. The molecule has 5 rings (SSSR count). The van der Waals surface area contributed by atoms with Crippen LogP contribution in [-0.4, -0.2) is 28.8 Å². The number of rotatable bonds is 3. The van der Waals surface area contributed by atoms with Crippen molar-refractivity contribution in [2.75, 3.05) is 11.1 Å². The van der Waals surface area contributed by atoms with Crippen molar-refractivity contribution in [1.82, 2.24) is 0 Å². The predicted molar refractivity (Wildman–Crippen MR) is 131 cm³/mol. The number of benzene rings is 1. The Morgan fingerprint density at radius 1 is 1.00 bits per heavy atom. The van der Waals surface area contributed by atoms with Crippen LogP contribution in [0.3, 0.4) is 0 Å². The van der Waals surface area contributed by atoms with Crippen molar-refractivity contribution in [3.8, 4) is 0 Å². The largest absolute Gasteiger partial charge is 0.481 e. The fraction of sp³-hybridized carbons (Fsp3) is 0.704. The second-order valence-corrected chi connectivity index (χ2v) is 12.0. The zero-order chi connectivity index (χ0) is 24.3. The van der Waals surface area contributed by atoms with Crippen molar-refractivity contribution in [3.05, 3.63) is 24.3 Å². The van der Waals surface area contributed by atoms with Gasteiger partial charge in [0.25, 0.3) is 0 Å². The van der Waals surface area contributed by atoms with Gasteiger partial charge in [-0.05, 0) is 111 Å². The summed E-state index contributed by atoms with van der Waals surface area (Å²) < 4.78 is 5.83. The van der Waals surface area contributed by atoms with Crippen LogP contribution in [0.15, 0.2) is 24.3 Å². The molecule has 4 saturated carbocycles. The number of ether oxygens (including phenoxy) is 1. The SMILES string of the molecule is C[C@]12CC[C@H](OC(=O)Nc3ccc(N)cc3)C[C@H]1CC[C@@H]1[C@@H]2CC[C@]2(C)[C@@H](C(=O)O)CC[C@]12N. The molecule has 6 N–H and O–H groups in total. The molecular weight excluding hydrogens is 430 g/mol. The minimum absolute atomic E-state index is 0.0769. The van der Waals surface area contributed by atoms with E-state index in [1.54, 1.807) is 24.3 Å². The number of carboxylic acids is 1. The number of carbonyl (C=O) groups excluding carboxylic acids is 1. The molecule has 1 amide bonds. The Morgan fingerprint density at radius 3 is 2.44 bits per heavy atom. The highest BCUT2D eigenvalue weighted by Gasteiger charge is 2.67. The molecule has 0 bridgehead atoms. The standard InChI is InChI=1S/C27H39N3O4/c1-25-12-9-19(34-24(33)30-18-6-4-17(28)5-7-18)15-16(25)3-8-21-20(25)10-13-26(2)22(23(31)32)11-14-27(21,26)29/h4-7,16,19-22H,3,8-15,28-29H2,1-2H3,(H,30,33)(H,31,32)/t16-,19+,20+,21-,22-,25+,26-,27+/m1/s1. The number of carboxylic acid groups (broad SMARTS) is 1. The number of carbonyl (C=O) groups is 2. The molecule has 0 heterocycles. The fourth-order valence-electron chi connectivity index (χ4n) is 8.66. The van der Waals surface area contributed by atoms with E-state index < -0.39 is 12.1 Å². The molecule has 1 aromatic rings. The Kier molecular flexibility index (Phi) is 5.62. The van der Waals surface area contributed by atoms with E-state index in [4.69, 9.17) is 16.2 Å². The lowest BCUT2D eigenvalue weighted by molar-refractivity contribution is -0.157. The number of nitrogens with one attached hydrogen (secondary N) is 1. The monoisotopic (exact) mass is 469 g/mol. The third-order valence-electron chi connectivity index (χ3n) is 10.7. The molecule has 0 aliphatic heterocycles. The van der Waals surface area contributed by atoms with Crippen molar-refractivity contribution >= 4 is 23.4 Å². The van der Waals surface area contributed by atoms with E-state index in [0.29, 0.717) is 35.5 Å². The van der Waals surface area contributed by atoms with E-state index >= 15 is 0 Å². The van der Waals surface area contributed by atoms with E-state index in [2.05, 4.69) is 19.2 Å². The van der Waals surface area contributed by atoms with Gasteiger partial charge in [0.2, 0.25) is 0 Å². The maximum absolute atomic E-state index is 12.5. The average molecular weight is 470 g/mol. The van der Waals surface area contributed by atoms with E-state index in [1.807, 2.05) is 0 Å². The molecule has 4 aliphatic carbocycles. The highest BCUT2D eigenvalue weighted by molar-refractivity contribution is 5.84. The number of hydrogen-bond acceptors (Lipinski definition) is 5. The molecule has 0 unspecified atom stereocenters. The third kappa shape index (κ3) is 3.50. The van der Waals surface area contributed by atoms with Gasteiger partial charge >= 0.3 is 12.1 Å². The van der Waals surface area contributed by atoms with Gasteiger partial charge in [0.1, 0.15) is 6.10 Å². The zero-order valence-corrected chi connectivity index (χ0v) is 20.4. The first-order valence-electron chi connectivity index (χ1n) is 12.9. The Bertz CT molecular complexity index is 967. The van der Waals surface area contributed by atoms with Crippen LogP contribution < -0.4 is 16.8 Å². The molecule has 1 aromatic carbocycles. The molecule has 7 heteroatoms. The highest BCUT2D eigenvalue weighted by atomic mass is 16.6. The quantitative estimate of drug-likeness (QED) is 0.461. The number of nitrogen functional groups attached to an aromatic ring is 1. The summed E-state index contributed by atoms with van der Waals surface area (Å²) in [6.45, 7) is 4.57. The van der Waals surface area contributed by atoms with Crippen LogP contribution in [0.2, 0.25) is 0 Å². The molecule has 0 spiro atoms. The third-order valence-corrected chi connectivity index (χ3v) is 10.7. The molecule has 0 aromatic heterocycles. The molecule has 7 nitrogen and oxygen atoms in total. The summed E-state index contributed by atoms with van der Waals surface area (Å²) in [5, 5.41) is 12.7. The Morgan fingerprint density at radius 2 is 1.74 bits per heavy atom. The molecule has 186 valence electrons. The summed E-state index contributed by atoms with van der Waals surface area (Å²) in [4.78, 5) is 24.5. The second-order valence-electron chi connectivity index (χ2n) is 12.0. The summed E-state index contributed by atoms with van der Waals surface area (Å²) >= 11 is 0. The lowest BCUT2D eigenvalue weighted by Crippen LogP contribution is -2.66. The minimum Gasteiger partial charge on any atom is -0.481 e. The number of amides is 1. The maximum atomic E-state index is 12.5. The van der Waals surface area contributed by atoms with Crippen LogP contribution in [0.4, 0.5) is 16.2 Å². The van der Waals surface area contributed by atoms with Crippen LogP contribution in [0.5, 0.6) is 0 Å². The van der Waals surface area contributed by atoms with Crippen molar-refractivity contribution < 1.29 is 19.4 Å². The normalized spacial score (nSPS) is 43.2. The lowest BCUT2D eigenvalue weighted by atomic mass is 9.42. The fourth-order valence-corrected chi connectivity index (χ4v) is 8.66. The Hall–Kier alpha value is -2.28. The van der Waals surface area contributed by atoms with Gasteiger partial charge in [-0.2, -0.15) is 0 Å². The van der Waals surface area contributed by atoms with Crippen LogP contribution in [-0.2, 0) is 9.53 Å². The molecule has 0 radical (unpaired) electrons. The lowest BCUT2D eigenvalue weighted by Gasteiger charge is -2.64. The minimum atomic E-state index is -0.678. The van der Waals surface area contributed by atoms with Crippen molar-refractivity contribution in [2.45, 2.75) is 83.3 Å². The van der Waals surface area contributed by atoms with Crippen LogP contribution >= 0.6 is 0 Å². The number of hydrogen-bond donors (Lipinski definition) is 4. The summed E-state index contributed by atoms with van der Waals surface area (Å²) in [5.41, 5.74) is 13.7.